The minimum absolute atomic E-state index is 0.137. The number of amides is 2. The van der Waals surface area contributed by atoms with E-state index in [2.05, 4.69) is 5.32 Å². The molecular formula is C13H20N2O4. The van der Waals surface area contributed by atoms with E-state index in [0.29, 0.717) is 13.0 Å². The molecule has 0 radical (unpaired) electrons. The van der Waals surface area contributed by atoms with Crippen molar-refractivity contribution >= 4 is 17.8 Å². The first-order valence-electron chi connectivity index (χ1n) is 6.60. The Morgan fingerprint density at radius 2 is 2.05 bits per heavy atom. The predicted octanol–water partition coefficient (Wildman–Crippen LogP) is 0.208. The summed E-state index contributed by atoms with van der Waals surface area (Å²) in [4.78, 5) is 36.9. The lowest BCUT2D eigenvalue weighted by atomic mass is 10.1. The number of carbonyl (C=O) groups excluding carboxylic acids is 3. The van der Waals surface area contributed by atoms with E-state index in [9.17, 15) is 14.4 Å². The molecule has 0 aromatic rings. The van der Waals surface area contributed by atoms with Gasteiger partial charge in [0, 0.05) is 0 Å². The number of carbonyl (C=O) groups is 3. The fourth-order valence-electron chi connectivity index (χ4n) is 2.59. The van der Waals surface area contributed by atoms with Crippen LogP contribution in [0, 0.1) is 0 Å². The van der Waals surface area contributed by atoms with Gasteiger partial charge in [-0.25, -0.2) is 0 Å². The molecule has 1 N–H and O–H groups in total. The second-order valence-corrected chi connectivity index (χ2v) is 6.06. The van der Waals surface area contributed by atoms with Crippen molar-refractivity contribution in [1.29, 1.82) is 0 Å². The van der Waals surface area contributed by atoms with Gasteiger partial charge in [-0.15, -0.1) is 0 Å². The van der Waals surface area contributed by atoms with E-state index in [1.165, 1.54) is 0 Å². The summed E-state index contributed by atoms with van der Waals surface area (Å²) in [5, 5.41) is 2.28. The Bertz CT molecular complexity index is 413. The molecule has 106 valence electrons. The minimum atomic E-state index is -0.543. The molecule has 0 saturated carbocycles. The van der Waals surface area contributed by atoms with E-state index >= 15 is 0 Å². The van der Waals surface area contributed by atoms with E-state index < -0.39 is 17.7 Å². The number of imide groups is 1. The van der Waals surface area contributed by atoms with Crippen molar-refractivity contribution < 1.29 is 19.1 Å². The Balaban J connectivity index is 2.07. The first kappa shape index (κ1) is 14.0. The molecule has 2 heterocycles. The van der Waals surface area contributed by atoms with Crippen LogP contribution in [0.3, 0.4) is 0 Å². The van der Waals surface area contributed by atoms with Crippen LogP contribution < -0.4 is 5.32 Å². The summed E-state index contributed by atoms with van der Waals surface area (Å²) in [6.07, 6.45) is 1.65. The van der Waals surface area contributed by atoms with Gasteiger partial charge in [-0.1, -0.05) is 0 Å². The second kappa shape index (κ2) is 4.92. The summed E-state index contributed by atoms with van der Waals surface area (Å²) in [5.74, 6) is -0.887. The van der Waals surface area contributed by atoms with Crippen molar-refractivity contribution in [2.24, 2.45) is 0 Å². The molecule has 2 atom stereocenters. The molecule has 0 spiro atoms. The average Bonchev–Trinajstić information content (AvgIpc) is 2.81. The zero-order valence-electron chi connectivity index (χ0n) is 11.6. The summed E-state index contributed by atoms with van der Waals surface area (Å²) >= 11 is 0. The highest BCUT2D eigenvalue weighted by Crippen LogP contribution is 2.26. The molecule has 0 aliphatic carbocycles. The number of likely N-dealkylation sites (tertiary alicyclic amines) is 1. The number of ether oxygens (including phenoxy) is 1. The number of rotatable bonds is 2. The van der Waals surface area contributed by atoms with Gasteiger partial charge in [0.2, 0.25) is 11.8 Å². The van der Waals surface area contributed by atoms with E-state index in [1.54, 1.807) is 4.90 Å². The van der Waals surface area contributed by atoms with Gasteiger partial charge >= 0.3 is 5.97 Å². The van der Waals surface area contributed by atoms with Crippen molar-refractivity contribution in [1.82, 2.24) is 10.2 Å². The lowest BCUT2D eigenvalue weighted by Crippen LogP contribution is -2.48. The quantitative estimate of drug-likeness (QED) is 0.572. The normalized spacial score (nSPS) is 28.6. The van der Waals surface area contributed by atoms with E-state index in [0.717, 1.165) is 6.42 Å². The maximum Gasteiger partial charge on any atom is 0.323 e. The smallest absolute Gasteiger partial charge is 0.323 e. The van der Waals surface area contributed by atoms with Crippen LogP contribution in [0.15, 0.2) is 0 Å². The first-order chi connectivity index (χ1) is 8.78. The predicted molar refractivity (Wildman–Crippen MR) is 67.1 cm³/mol. The molecule has 2 aliphatic heterocycles. The maximum atomic E-state index is 12.1. The van der Waals surface area contributed by atoms with Gasteiger partial charge in [-0.3, -0.25) is 24.6 Å². The zero-order valence-corrected chi connectivity index (χ0v) is 11.6. The molecule has 0 bridgehead atoms. The number of hydrogen-bond donors (Lipinski definition) is 1. The molecule has 6 nitrogen and oxygen atoms in total. The van der Waals surface area contributed by atoms with Gasteiger partial charge in [-0.05, 0) is 40.2 Å². The topological polar surface area (TPSA) is 75.7 Å². The third kappa shape index (κ3) is 3.12. The van der Waals surface area contributed by atoms with Crippen molar-refractivity contribution in [3.05, 3.63) is 0 Å². The van der Waals surface area contributed by atoms with E-state index in [4.69, 9.17) is 4.74 Å². The average molecular weight is 268 g/mol. The van der Waals surface area contributed by atoms with Crippen LogP contribution in [0.5, 0.6) is 0 Å². The highest BCUT2D eigenvalue weighted by atomic mass is 16.6. The fraction of sp³-hybridized carbons (Fsp3) is 0.769. The summed E-state index contributed by atoms with van der Waals surface area (Å²) in [7, 11) is 0. The Labute approximate surface area is 112 Å². The van der Waals surface area contributed by atoms with Crippen LogP contribution in [0.25, 0.3) is 0 Å². The molecule has 2 saturated heterocycles. The summed E-state index contributed by atoms with van der Waals surface area (Å²) in [6.45, 7) is 6.09. The lowest BCUT2D eigenvalue weighted by Gasteiger charge is -2.29. The van der Waals surface area contributed by atoms with Gasteiger partial charge in [-0.2, -0.15) is 0 Å². The van der Waals surface area contributed by atoms with Gasteiger partial charge in [0.25, 0.3) is 0 Å². The maximum absolute atomic E-state index is 12.1. The van der Waals surface area contributed by atoms with Crippen LogP contribution in [0.1, 0.15) is 40.0 Å². The Kier molecular flexibility index (Phi) is 3.62. The molecule has 2 rings (SSSR count). The summed E-state index contributed by atoms with van der Waals surface area (Å²) in [5.41, 5.74) is -0.543. The SMILES string of the molecule is CC(C)(C)OC(=O)[C@@H]1CCCN1C1CC(=O)NC1=O. The molecule has 1 unspecified atom stereocenters. The van der Waals surface area contributed by atoms with Crippen LogP contribution in [-0.2, 0) is 19.1 Å². The van der Waals surface area contributed by atoms with Gasteiger partial charge in [0.05, 0.1) is 12.5 Å². The van der Waals surface area contributed by atoms with Crippen molar-refractivity contribution in [3.8, 4) is 0 Å². The third-order valence-corrected chi connectivity index (χ3v) is 3.32. The van der Waals surface area contributed by atoms with E-state index in [1.807, 2.05) is 20.8 Å². The molecule has 0 aromatic carbocycles. The first-order valence-corrected chi connectivity index (χ1v) is 6.60. The number of nitrogens with zero attached hydrogens (tertiary/aromatic N) is 1. The van der Waals surface area contributed by atoms with Gasteiger partial charge < -0.3 is 4.74 Å². The molecule has 2 amide bonds. The monoisotopic (exact) mass is 268 g/mol. The zero-order chi connectivity index (χ0) is 14.2. The van der Waals surface area contributed by atoms with Gasteiger partial charge in [0.1, 0.15) is 11.6 Å². The number of esters is 1. The Morgan fingerprint density at radius 3 is 2.58 bits per heavy atom. The second-order valence-electron chi connectivity index (χ2n) is 6.06. The largest absolute Gasteiger partial charge is 0.459 e. The Hall–Kier alpha value is -1.43. The highest BCUT2D eigenvalue weighted by molar-refractivity contribution is 6.05. The third-order valence-electron chi connectivity index (χ3n) is 3.32. The molecule has 19 heavy (non-hydrogen) atoms. The molecular weight excluding hydrogens is 248 g/mol. The molecule has 2 fully saturated rings. The number of nitrogens with one attached hydrogen (secondary N) is 1. The van der Waals surface area contributed by atoms with Crippen LogP contribution in [0.2, 0.25) is 0 Å². The van der Waals surface area contributed by atoms with E-state index in [-0.39, 0.29) is 24.2 Å². The minimum Gasteiger partial charge on any atom is -0.459 e. The number of hydrogen-bond acceptors (Lipinski definition) is 5. The van der Waals surface area contributed by atoms with Crippen molar-refractivity contribution in [2.45, 2.75) is 57.7 Å². The van der Waals surface area contributed by atoms with Crippen molar-refractivity contribution in [3.63, 3.8) is 0 Å². The Morgan fingerprint density at radius 1 is 1.37 bits per heavy atom. The van der Waals surface area contributed by atoms with Crippen LogP contribution in [-0.4, -0.2) is 46.9 Å². The molecule has 0 aromatic heterocycles. The van der Waals surface area contributed by atoms with Crippen LogP contribution in [0.4, 0.5) is 0 Å². The summed E-state index contributed by atoms with van der Waals surface area (Å²) < 4.78 is 5.38. The summed E-state index contributed by atoms with van der Waals surface area (Å²) in [6, 6.07) is -0.937. The molecule has 6 heteroatoms. The standard InChI is InChI=1S/C13H20N2O4/c1-13(2,3)19-12(18)8-5-4-6-15(8)9-7-10(16)14-11(9)17/h8-9H,4-7H2,1-3H3,(H,14,16,17)/t8-,9?/m0/s1. The molecule has 2 aliphatic rings. The van der Waals surface area contributed by atoms with Crippen LogP contribution >= 0.6 is 0 Å². The van der Waals surface area contributed by atoms with Crippen molar-refractivity contribution in [2.75, 3.05) is 6.54 Å². The van der Waals surface area contributed by atoms with Gasteiger partial charge in [0.15, 0.2) is 0 Å². The fourth-order valence-corrected chi connectivity index (χ4v) is 2.59. The highest BCUT2D eigenvalue weighted by Gasteiger charge is 2.44. The lowest BCUT2D eigenvalue weighted by molar-refractivity contribution is -0.161.